The maximum Gasteiger partial charge on any atom is 0.416 e. The highest BCUT2D eigenvalue weighted by molar-refractivity contribution is 7.18. The number of aromatic nitrogens is 4. The molecule has 3 saturated heterocycles. The fraction of sp³-hybridized carbons (Fsp3) is 0.480. The molecule has 9 aromatic rings. The maximum atomic E-state index is 13.0. The van der Waals surface area contributed by atoms with Crippen molar-refractivity contribution >= 4 is 105 Å². The van der Waals surface area contributed by atoms with E-state index in [2.05, 4.69) is 55.3 Å². The van der Waals surface area contributed by atoms with Crippen molar-refractivity contribution in [1.82, 2.24) is 49.8 Å². The zero-order valence-corrected chi connectivity index (χ0v) is 62.5. The van der Waals surface area contributed by atoms with Gasteiger partial charge in [-0.3, -0.25) is 29.6 Å². The molecule has 15 rings (SSSR count). The monoisotopic (exact) mass is 1580 g/mol. The van der Waals surface area contributed by atoms with Gasteiger partial charge >= 0.3 is 36.6 Å². The van der Waals surface area contributed by atoms with Crippen molar-refractivity contribution in [3.63, 3.8) is 0 Å². The Morgan fingerprint density at radius 2 is 0.954 bits per heavy atom. The molecule has 0 bridgehead atoms. The first-order valence-corrected chi connectivity index (χ1v) is 39.1. The van der Waals surface area contributed by atoms with Crippen LogP contribution in [-0.2, 0) is 41.1 Å². The number of nitrogens with two attached hydrogens (primary N) is 1. The molecular weight excluding hydrogens is 1490 g/mol. The van der Waals surface area contributed by atoms with Crippen molar-refractivity contribution in [1.29, 1.82) is 0 Å². The van der Waals surface area contributed by atoms with Crippen LogP contribution in [0.4, 0.5) is 71.9 Å². The lowest BCUT2D eigenvalue weighted by Gasteiger charge is -2.36. The average Bonchev–Trinajstić information content (AvgIpc) is 1.66. The van der Waals surface area contributed by atoms with Gasteiger partial charge in [0.25, 0.3) is 5.69 Å². The van der Waals surface area contributed by atoms with Crippen LogP contribution < -0.4 is 41.1 Å². The number of hydrogen-bond acceptors (Lipinski definition) is 19. The molecule has 34 heteroatoms. The number of nitro groups is 1. The van der Waals surface area contributed by atoms with Gasteiger partial charge in [0, 0.05) is 214 Å². The number of nitro benzene ring substituents is 1. The molecule has 3 amide bonds. The number of hydrogen-bond donors (Lipinski definition) is 4. The highest BCUT2D eigenvalue weighted by atomic mass is 32.1. The summed E-state index contributed by atoms with van der Waals surface area (Å²) in [4.78, 5) is 67.7. The fourth-order valence-corrected chi connectivity index (χ4v) is 17.2. The van der Waals surface area contributed by atoms with Gasteiger partial charge < -0.3 is 55.0 Å². The van der Waals surface area contributed by atoms with E-state index in [0.717, 1.165) is 195 Å². The Labute approximate surface area is 636 Å². The smallest absolute Gasteiger partial charge is 0.416 e. The third-order valence-electron chi connectivity index (χ3n) is 20.7. The molecule has 3 aliphatic carbocycles. The van der Waals surface area contributed by atoms with Crippen molar-refractivity contribution in [2.75, 3.05) is 146 Å². The van der Waals surface area contributed by atoms with Crippen LogP contribution in [0.2, 0.25) is 0 Å². The van der Waals surface area contributed by atoms with Gasteiger partial charge in [0.2, 0.25) is 0 Å². The van der Waals surface area contributed by atoms with Crippen molar-refractivity contribution in [3.8, 4) is 5.75 Å². The van der Waals surface area contributed by atoms with Gasteiger partial charge in [-0.2, -0.15) is 39.5 Å². The number of alkyl halides is 9. The van der Waals surface area contributed by atoms with Gasteiger partial charge in [-0.15, -0.1) is 34.0 Å². The number of amides is 3. The van der Waals surface area contributed by atoms with Gasteiger partial charge in [0.05, 0.1) is 64.4 Å². The number of urea groups is 1. The Morgan fingerprint density at radius 1 is 0.541 bits per heavy atom. The second kappa shape index (κ2) is 35.9. The van der Waals surface area contributed by atoms with Crippen LogP contribution in [0.1, 0.15) is 48.8 Å². The van der Waals surface area contributed by atoms with Gasteiger partial charge in [-0.05, 0) is 117 Å². The van der Waals surface area contributed by atoms with Crippen LogP contribution >= 0.6 is 34.0 Å². The van der Waals surface area contributed by atoms with Gasteiger partial charge in [-0.25, -0.2) is 19.6 Å². The van der Waals surface area contributed by atoms with E-state index in [4.69, 9.17) is 15.2 Å². The zero-order valence-electron chi connectivity index (χ0n) is 60.0. The van der Waals surface area contributed by atoms with Crippen molar-refractivity contribution < 1.29 is 68.3 Å². The van der Waals surface area contributed by atoms with E-state index in [-0.39, 0.29) is 29.4 Å². The molecule has 3 unspecified atom stereocenters. The summed E-state index contributed by atoms with van der Waals surface area (Å²) in [7, 11) is 1.43. The molecule has 0 radical (unpaired) electrons. The Bertz CT molecular complexity index is 4460. The summed E-state index contributed by atoms with van der Waals surface area (Å²) < 4.78 is 133. The predicted octanol–water partition coefficient (Wildman–Crippen LogP) is 13.7. The van der Waals surface area contributed by atoms with Crippen molar-refractivity contribution in [2.24, 2.45) is 41.2 Å². The van der Waals surface area contributed by atoms with E-state index >= 15 is 0 Å². The molecule has 6 fully saturated rings. The minimum absolute atomic E-state index is 0.0525. The topological polar surface area (TPSA) is 230 Å². The molecule has 6 atom stereocenters. The fourth-order valence-electron chi connectivity index (χ4n) is 14.1. The number of non-ortho nitro benzene ring substituents is 1. The Hall–Kier alpha value is -8.80. The average molecular weight is 1580 g/mol. The first kappa shape index (κ1) is 79.7. The van der Waals surface area contributed by atoms with Gasteiger partial charge in [-0.1, -0.05) is 18.2 Å². The van der Waals surface area contributed by atoms with Crippen LogP contribution in [0.5, 0.6) is 5.75 Å². The lowest BCUT2D eigenvalue weighted by molar-refractivity contribution is -0.384. The van der Waals surface area contributed by atoms with Crippen LogP contribution in [0, 0.1) is 45.6 Å². The number of imidazole rings is 2. The van der Waals surface area contributed by atoms with Crippen LogP contribution in [-0.4, -0.2) is 188 Å². The number of rotatable bonds is 23. The molecule has 3 aliphatic heterocycles. The van der Waals surface area contributed by atoms with Crippen LogP contribution in [0.3, 0.4) is 0 Å². The molecule has 109 heavy (non-hydrogen) atoms. The molecule has 586 valence electrons. The number of thiophene rings is 3. The van der Waals surface area contributed by atoms with Gasteiger partial charge in [0.15, 0.2) is 0 Å². The van der Waals surface area contributed by atoms with E-state index in [1.807, 2.05) is 37.7 Å². The summed E-state index contributed by atoms with van der Waals surface area (Å²) in [6.45, 7) is 17.7. The largest absolute Gasteiger partial charge is 0.469 e. The Balaban J connectivity index is 0.000000145. The number of carbonyl (C=O) groups excluding carboxylic acids is 3. The molecule has 5 N–H and O–H groups in total. The lowest BCUT2D eigenvalue weighted by Crippen LogP contribution is -2.47. The predicted molar refractivity (Wildman–Crippen MR) is 405 cm³/mol. The number of piperazine rings is 3. The lowest BCUT2D eigenvalue weighted by atomic mass is 10.1. The summed E-state index contributed by atoms with van der Waals surface area (Å²) in [5.41, 5.74) is 6.47. The summed E-state index contributed by atoms with van der Waals surface area (Å²) >= 11 is 4.08. The molecule has 0 spiro atoms. The van der Waals surface area contributed by atoms with Crippen molar-refractivity contribution in [2.45, 2.75) is 63.7 Å². The number of nitrogens with zero attached hydrogens (tertiary/aromatic N) is 11. The third kappa shape index (κ3) is 22.0. The number of benzene rings is 4. The quantitative estimate of drug-likeness (QED) is 0.0153. The Morgan fingerprint density at radius 3 is 1.34 bits per heavy atom. The summed E-state index contributed by atoms with van der Waals surface area (Å²) in [5.74, 6) is 2.60. The van der Waals surface area contributed by atoms with E-state index in [0.29, 0.717) is 63.3 Å². The molecular formula is C75H88F9N15O7S3. The third-order valence-corrected chi connectivity index (χ3v) is 23.5. The normalized spacial score (nSPS) is 20.3. The number of aryl methyl sites for hydroxylation is 2. The number of halogens is 9. The second-order valence-corrected chi connectivity index (χ2v) is 31.0. The summed E-state index contributed by atoms with van der Waals surface area (Å²) in [6, 6.07) is 17.2. The Kier molecular flexibility index (Phi) is 26.3. The van der Waals surface area contributed by atoms with Crippen molar-refractivity contribution in [3.05, 3.63) is 159 Å². The van der Waals surface area contributed by atoms with E-state index in [1.165, 1.54) is 89.7 Å². The van der Waals surface area contributed by atoms with E-state index in [9.17, 15) is 64.0 Å². The maximum absolute atomic E-state index is 13.0. The number of ether oxygens (including phenoxy) is 2. The molecule has 5 aromatic heterocycles. The van der Waals surface area contributed by atoms with E-state index < -0.39 is 46.2 Å². The molecule has 4 aromatic carbocycles. The highest BCUT2D eigenvalue weighted by Gasteiger charge is 2.45. The summed E-state index contributed by atoms with van der Waals surface area (Å²) in [6.07, 6.45) is 2.34. The first-order chi connectivity index (χ1) is 52.3. The molecule has 6 aliphatic rings. The number of esters is 1. The second-order valence-electron chi connectivity index (χ2n) is 28.2. The molecule has 3 saturated carbocycles. The standard InChI is InChI=1S/C25H31F3N6OS.C25H25F3N4O4S.C19H21F3N2O2S.C6H11N3/c26-25(27,28)20-2-3-21-22(16-36-23(21)13-20)34-10-8-32(9-11-34)15-19-12-18(19)14-31-24(35)30-4-1-6-33-7-5-29-17-33;26-25(27,28)18-1-6-21-22(15-37-23(21)12-18)31-9-7-30(8-10-31)14-17-11-16(17)13-29-24(33)36-20-4-2-19(3-5-20)32(34)35;1-26-18(25)15-8-12(15)10-23-4-6-24(7-5-23)16-11-27-17-9-13(19(20,21)22)2-3-14(16)17;7-2-1-4-9-5-3-8-6-9/h2-3,5,7,13,16-19H,1,4,6,8-12,14-15H2,(H2,30,31,35);1-6,12,15-17H,7-11,13-14H2,(H,29,33);2-3,9,11-12,15H,4-8,10H2,1H3;3,5-6H,1-2,4,7H2/t18-,19?;16-,17?;12?,15-;/m001./s1. The van der Waals surface area contributed by atoms with E-state index in [1.54, 1.807) is 43.2 Å². The minimum Gasteiger partial charge on any atom is -0.469 e. The molecule has 8 heterocycles. The summed E-state index contributed by atoms with van der Waals surface area (Å²) in [5, 5.41) is 27.9. The highest BCUT2D eigenvalue weighted by Crippen LogP contribution is 2.45. The first-order valence-electron chi connectivity index (χ1n) is 36.4. The SMILES string of the molecule is COC(=O)[C@@H]1CC1CN1CCN(c2csc3cc(C(F)(F)F)ccc23)CC1.NCCCn1ccnc1.O=C(NCCCn1ccnc1)NC[C@@H]1CC1CN1CCN(c2csc3cc(C(F)(F)F)ccc23)CC1.O=C(NC[C@@H]1CC1CN1CCN(c2csc3cc(C(F)(F)F)ccc23)CC1)Oc1ccc([N+](=O)[O-])cc1. The van der Waals surface area contributed by atoms with Crippen LogP contribution in [0.15, 0.2) is 132 Å². The number of carbonyl (C=O) groups is 3. The zero-order chi connectivity index (χ0) is 77.0. The number of fused-ring (bicyclic) bond motifs is 3. The minimum atomic E-state index is -4.34. The number of nitrogens with one attached hydrogen (secondary N) is 3. The molecule has 22 nitrogen and oxygen atoms in total. The van der Waals surface area contributed by atoms with Gasteiger partial charge in [0.1, 0.15) is 5.75 Å². The number of anilines is 3. The van der Waals surface area contributed by atoms with Crippen LogP contribution in [0.25, 0.3) is 30.3 Å². The number of methoxy groups -OCH3 is 1.